The first-order valence-corrected chi connectivity index (χ1v) is 6.17. The Morgan fingerprint density at radius 3 is 2.80 bits per heavy atom. The van der Waals surface area contributed by atoms with Crippen molar-refractivity contribution in [3.05, 3.63) is 28.5 Å². The van der Waals surface area contributed by atoms with Crippen molar-refractivity contribution in [2.75, 3.05) is 0 Å². The molecule has 1 aliphatic rings. The van der Waals surface area contributed by atoms with E-state index in [1.54, 1.807) is 0 Å². The Hall–Kier alpha value is -0.830. The van der Waals surface area contributed by atoms with E-state index in [-0.39, 0.29) is 0 Å². The molecule has 0 bridgehead atoms. The molecule has 0 atom stereocenters. The van der Waals surface area contributed by atoms with Crippen molar-refractivity contribution in [1.82, 2.24) is 9.55 Å². The molecule has 1 saturated carbocycles. The third-order valence-corrected chi connectivity index (χ3v) is 3.99. The van der Waals surface area contributed by atoms with Gasteiger partial charge in [0, 0.05) is 17.4 Å². The van der Waals surface area contributed by atoms with Crippen LogP contribution >= 0.6 is 15.9 Å². The summed E-state index contributed by atoms with van der Waals surface area (Å²) < 4.78 is 3.38. The van der Waals surface area contributed by atoms with Crippen molar-refractivity contribution in [2.45, 2.75) is 25.2 Å². The van der Waals surface area contributed by atoms with Crippen molar-refractivity contribution < 1.29 is 0 Å². The van der Waals surface area contributed by atoms with Gasteiger partial charge in [-0.3, -0.25) is 0 Å². The van der Waals surface area contributed by atoms with E-state index in [9.17, 15) is 0 Å². The fraction of sp³-hybridized carbons (Fsp3) is 0.417. The lowest BCUT2D eigenvalue weighted by Crippen LogP contribution is -2.13. The summed E-state index contributed by atoms with van der Waals surface area (Å²) in [4.78, 5) is 4.73. The molecule has 2 nitrogen and oxygen atoms in total. The molecule has 1 heterocycles. The van der Waals surface area contributed by atoms with Gasteiger partial charge in [0.2, 0.25) is 0 Å². The Morgan fingerprint density at radius 1 is 1.40 bits per heavy atom. The number of hydrogen-bond donors (Lipinski definition) is 0. The summed E-state index contributed by atoms with van der Waals surface area (Å²) in [5.74, 6) is 1.94. The molecule has 0 spiro atoms. The molecule has 1 fully saturated rings. The van der Waals surface area contributed by atoms with Crippen LogP contribution in [-0.2, 0) is 7.05 Å². The van der Waals surface area contributed by atoms with E-state index < -0.39 is 0 Å². The topological polar surface area (TPSA) is 17.8 Å². The van der Waals surface area contributed by atoms with Crippen molar-refractivity contribution in [3.8, 4) is 0 Å². The van der Waals surface area contributed by atoms with Gasteiger partial charge in [0.15, 0.2) is 0 Å². The SMILES string of the molecule is Cn1c(C2CCC2)nc2cccc(Br)c21. The van der Waals surface area contributed by atoms with E-state index in [1.807, 2.05) is 6.07 Å². The highest BCUT2D eigenvalue weighted by molar-refractivity contribution is 9.10. The van der Waals surface area contributed by atoms with Gasteiger partial charge in [0.1, 0.15) is 5.82 Å². The highest BCUT2D eigenvalue weighted by atomic mass is 79.9. The largest absolute Gasteiger partial charge is 0.330 e. The van der Waals surface area contributed by atoms with Gasteiger partial charge in [0.05, 0.1) is 11.0 Å². The molecule has 0 saturated heterocycles. The van der Waals surface area contributed by atoms with Crippen LogP contribution in [0.3, 0.4) is 0 Å². The van der Waals surface area contributed by atoms with Gasteiger partial charge in [-0.15, -0.1) is 0 Å². The van der Waals surface area contributed by atoms with E-state index in [2.05, 4.69) is 39.7 Å². The summed E-state index contributed by atoms with van der Waals surface area (Å²) in [6.45, 7) is 0. The van der Waals surface area contributed by atoms with Gasteiger partial charge in [-0.25, -0.2) is 4.98 Å². The number of fused-ring (bicyclic) bond motifs is 1. The Balaban J connectivity index is 2.24. The zero-order valence-electron chi connectivity index (χ0n) is 8.70. The summed E-state index contributed by atoms with van der Waals surface area (Å²) >= 11 is 3.59. The predicted molar refractivity (Wildman–Crippen MR) is 65.0 cm³/mol. The van der Waals surface area contributed by atoms with Crippen LogP contribution in [-0.4, -0.2) is 9.55 Å². The molecule has 2 aromatic rings. The lowest BCUT2D eigenvalue weighted by molar-refractivity contribution is 0.394. The maximum atomic E-state index is 4.73. The highest BCUT2D eigenvalue weighted by Gasteiger charge is 2.24. The zero-order chi connectivity index (χ0) is 10.4. The second-order valence-electron chi connectivity index (χ2n) is 4.26. The van der Waals surface area contributed by atoms with Gasteiger partial charge in [0.25, 0.3) is 0 Å². The van der Waals surface area contributed by atoms with Gasteiger partial charge < -0.3 is 4.57 Å². The summed E-state index contributed by atoms with van der Waals surface area (Å²) in [5, 5.41) is 0. The standard InChI is InChI=1S/C12H13BrN2/c1-15-11-9(13)6-3-7-10(11)14-12(15)8-4-2-5-8/h3,6-8H,2,4-5H2,1H3. The van der Waals surface area contributed by atoms with Crippen LogP contribution in [0.4, 0.5) is 0 Å². The van der Waals surface area contributed by atoms with E-state index in [1.165, 1.54) is 30.6 Å². The number of hydrogen-bond acceptors (Lipinski definition) is 1. The number of nitrogens with zero attached hydrogens (tertiary/aromatic N) is 2. The highest BCUT2D eigenvalue weighted by Crippen LogP contribution is 2.37. The maximum absolute atomic E-state index is 4.73. The van der Waals surface area contributed by atoms with Crippen molar-refractivity contribution in [2.24, 2.45) is 7.05 Å². The normalized spacial score (nSPS) is 16.9. The lowest BCUT2D eigenvalue weighted by atomic mass is 9.85. The summed E-state index contributed by atoms with van der Waals surface area (Å²) in [5.41, 5.74) is 2.33. The average molecular weight is 265 g/mol. The number of imidazole rings is 1. The fourth-order valence-corrected chi connectivity index (χ4v) is 2.89. The Bertz CT molecular complexity index is 512. The van der Waals surface area contributed by atoms with Crippen molar-refractivity contribution in [1.29, 1.82) is 0 Å². The molecule has 0 radical (unpaired) electrons. The Kier molecular flexibility index (Phi) is 2.09. The number of benzene rings is 1. The maximum Gasteiger partial charge on any atom is 0.112 e. The molecule has 1 aliphatic carbocycles. The Morgan fingerprint density at radius 2 is 2.20 bits per heavy atom. The number of aromatic nitrogens is 2. The molecule has 1 aromatic heterocycles. The van der Waals surface area contributed by atoms with Crippen molar-refractivity contribution in [3.63, 3.8) is 0 Å². The number of rotatable bonds is 1. The number of aryl methyl sites for hydroxylation is 1. The van der Waals surface area contributed by atoms with Crippen LogP contribution in [0.2, 0.25) is 0 Å². The monoisotopic (exact) mass is 264 g/mol. The number of para-hydroxylation sites is 1. The molecule has 1 aromatic carbocycles. The average Bonchev–Trinajstić information content (AvgIpc) is 2.43. The lowest BCUT2D eigenvalue weighted by Gasteiger charge is -2.24. The van der Waals surface area contributed by atoms with Crippen molar-refractivity contribution >= 4 is 27.0 Å². The first-order valence-electron chi connectivity index (χ1n) is 5.38. The molecular formula is C12H13BrN2. The van der Waals surface area contributed by atoms with Crippen LogP contribution in [0.5, 0.6) is 0 Å². The van der Waals surface area contributed by atoms with Crippen LogP contribution < -0.4 is 0 Å². The molecule has 3 rings (SSSR count). The van der Waals surface area contributed by atoms with Crippen LogP contribution in [0, 0.1) is 0 Å². The van der Waals surface area contributed by atoms with Crippen LogP contribution in [0.1, 0.15) is 31.0 Å². The first-order chi connectivity index (χ1) is 7.27. The summed E-state index contributed by atoms with van der Waals surface area (Å²) in [6.07, 6.45) is 3.96. The fourth-order valence-electron chi connectivity index (χ4n) is 2.27. The smallest absolute Gasteiger partial charge is 0.112 e. The minimum Gasteiger partial charge on any atom is -0.330 e. The second kappa shape index (κ2) is 3.34. The minimum atomic E-state index is 0.689. The van der Waals surface area contributed by atoms with E-state index >= 15 is 0 Å². The van der Waals surface area contributed by atoms with E-state index in [0.29, 0.717) is 5.92 Å². The van der Waals surface area contributed by atoms with Gasteiger partial charge >= 0.3 is 0 Å². The third kappa shape index (κ3) is 1.33. The summed E-state index contributed by atoms with van der Waals surface area (Å²) in [6, 6.07) is 6.21. The van der Waals surface area contributed by atoms with Gasteiger partial charge in [-0.1, -0.05) is 12.5 Å². The zero-order valence-corrected chi connectivity index (χ0v) is 10.3. The molecule has 78 valence electrons. The first kappa shape index (κ1) is 9.40. The Labute approximate surface area is 97.4 Å². The molecule has 3 heteroatoms. The molecule has 0 amide bonds. The molecule has 0 aliphatic heterocycles. The third-order valence-electron chi connectivity index (χ3n) is 3.35. The van der Waals surface area contributed by atoms with E-state index in [0.717, 1.165) is 9.99 Å². The molecule has 0 N–H and O–H groups in total. The molecule has 0 unspecified atom stereocenters. The predicted octanol–water partition coefficient (Wildman–Crippen LogP) is 3.60. The van der Waals surface area contributed by atoms with Gasteiger partial charge in [-0.2, -0.15) is 0 Å². The second-order valence-corrected chi connectivity index (χ2v) is 5.12. The van der Waals surface area contributed by atoms with E-state index in [4.69, 9.17) is 4.98 Å². The quantitative estimate of drug-likeness (QED) is 0.770. The van der Waals surface area contributed by atoms with Gasteiger partial charge in [-0.05, 0) is 40.9 Å². The van der Waals surface area contributed by atoms with Crippen LogP contribution in [0.15, 0.2) is 22.7 Å². The molecular weight excluding hydrogens is 252 g/mol. The number of halogens is 1. The molecule has 15 heavy (non-hydrogen) atoms. The summed E-state index contributed by atoms with van der Waals surface area (Å²) in [7, 11) is 2.12. The minimum absolute atomic E-state index is 0.689. The van der Waals surface area contributed by atoms with Crippen LogP contribution in [0.25, 0.3) is 11.0 Å².